The minimum absolute atomic E-state index is 0.0658. The molecule has 0 fully saturated rings. The molecule has 36 heavy (non-hydrogen) atoms. The molecule has 0 unspecified atom stereocenters. The molecule has 1 aromatic heterocycles. The van der Waals surface area contributed by atoms with Crippen LogP contribution in [0.5, 0.6) is 0 Å². The first-order valence-corrected chi connectivity index (χ1v) is 11.9. The average molecular weight is 507 g/mol. The van der Waals surface area contributed by atoms with Crippen LogP contribution in [0.1, 0.15) is 50.6 Å². The number of aromatic nitrogens is 1. The van der Waals surface area contributed by atoms with Crippen LogP contribution in [0.2, 0.25) is 5.02 Å². The Balaban J connectivity index is 1.49. The van der Waals surface area contributed by atoms with E-state index in [1.54, 1.807) is 47.0 Å². The van der Waals surface area contributed by atoms with Gasteiger partial charge in [0.2, 0.25) is 0 Å². The molecule has 3 aromatic carbocycles. The Kier molecular flexibility index (Phi) is 7.74. The van der Waals surface area contributed by atoms with Crippen LogP contribution >= 0.6 is 11.6 Å². The summed E-state index contributed by atoms with van der Waals surface area (Å²) in [5.74, 6) is -2.08. The fourth-order valence-electron chi connectivity index (χ4n) is 4.35. The highest BCUT2D eigenvalue weighted by atomic mass is 35.5. The lowest BCUT2D eigenvalue weighted by Gasteiger charge is -2.18. The van der Waals surface area contributed by atoms with Crippen LogP contribution in [-0.2, 0) is 13.0 Å². The van der Waals surface area contributed by atoms with E-state index < -0.39 is 18.0 Å². The van der Waals surface area contributed by atoms with E-state index in [0.717, 1.165) is 22.0 Å². The van der Waals surface area contributed by atoms with Crippen LogP contribution in [0.3, 0.4) is 0 Å². The number of halogens is 1. The first kappa shape index (κ1) is 25.4. The molecule has 7 nitrogen and oxygen atoms in total. The fourth-order valence-corrected chi connectivity index (χ4v) is 4.55. The van der Waals surface area contributed by atoms with Gasteiger partial charge < -0.3 is 25.2 Å². The highest BCUT2D eigenvalue weighted by molar-refractivity contribution is 6.30. The van der Waals surface area contributed by atoms with E-state index in [2.05, 4.69) is 5.32 Å². The molecule has 0 amide bonds. The highest BCUT2D eigenvalue weighted by Crippen LogP contribution is 2.24. The van der Waals surface area contributed by atoms with Crippen LogP contribution in [0.25, 0.3) is 10.9 Å². The number of hydrogen-bond donors (Lipinski definition) is 4. The smallest absolute Gasteiger partial charge is 0.352 e. The number of carboxylic acid groups (broad SMARTS) is 2. The van der Waals surface area contributed by atoms with Gasteiger partial charge in [0.1, 0.15) is 5.69 Å². The van der Waals surface area contributed by atoms with Gasteiger partial charge in [0, 0.05) is 35.1 Å². The molecule has 0 aliphatic rings. The minimum atomic E-state index is -1.05. The zero-order valence-corrected chi connectivity index (χ0v) is 20.4. The summed E-state index contributed by atoms with van der Waals surface area (Å²) in [5.41, 5.74) is 3.54. The third-order valence-electron chi connectivity index (χ3n) is 6.13. The number of nitrogens with one attached hydrogen (secondary N) is 1. The van der Waals surface area contributed by atoms with Gasteiger partial charge in [-0.15, -0.1) is 0 Å². The maximum Gasteiger partial charge on any atom is 0.352 e. The van der Waals surface area contributed by atoms with Crippen molar-refractivity contribution in [1.82, 2.24) is 9.88 Å². The van der Waals surface area contributed by atoms with Crippen LogP contribution in [0.15, 0.2) is 72.8 Å². The van der Waals surface area contributed by atoms with Gasteiger partial charge in [0.05, 0.1) is 11.7 Å². The van der Waals surface area contributed by atoms with Crippen molar-refractivity contribution in [2.75, 3.05) is 6.54 Å². The molecule has 4 rings (SSSR count). The van der Waals surface area contributed by atoms with Crippen molar-refractivity contribution in [2.24, 2.45) is 0 Å². The number of carbonyl (C=O) groups is 2. The molecular formula is C28H27ClN2O5. The lowest BCUT2D eigenvalue weighted by Crippen LogP contribution is -2.32. The van der Waals surface area contributed by atoms with Crippen molar-refractivity contribution >= 4 is 34.4 Å². The number of aromatic carboxylic acids is 2. The van der Waals surface area contributed by atoms with Crippen LogP contribution in [0.4, 0.5) is 0 Å². The summed E-state index contributed by atoms with van der Waals surface area (Å²) in [6, 6.07) is 21.2. The summed E-state index contributed by atoms with van der Waals surface area (Å²) >= 11 is 6.01. The second-order valence-electron chi connectivity index (χ2n) is 8.90. The summed E-state index contributed by atoms with van der Waals surface area (Å²) in [5, 5.41) is 34.2. The van der Waals surface area contributed by atoms with Gasteiger partial charge >= 0.3 is 11.9 Å². The van der Waals surface area contributed by atoms with E-state index in [4.69, 9.17) is 11.6 Å². The Morgan fingerprint density at radius 2 is 1.72 bits per heavy atom. The first-order chi connectivity index (χ1) is 17.2. The van der Waals surface area contributed by atoms with Crippen molar-refractivity contribution in [3.63, 3.8) is 0 Å². The molecule has 4 N–H and O–H groups in total. The van der Waals surface area contributed by atoms with Crippen LogP contribution < -0.4 is 5.32 Å². The van der Waals surface area contributed by atoms with Gasteiger partial charge in [0.25, 0.3) is 0 Å². The number of aliphatic hydroxyl groups excluding tert-OH is 1. The number of fused-ring (bicyclic) bond motifs is 1. The number of hydrogen-bond acceptors (Lipinski definition) is 4. The van der Waals surface area contributed by atoms with E-state index in [-0.39, 0.29) is 23.8 Å². The van der Waals surface area contributed by atoms with Gasteiger partial charge in [-0.1, -0.05) is 41.9 Å². The summed E-state index contributed by atoms with van der Waals surface area (Å²) in [6.07, 6.45) is 0.00678. The lowest BCUT2D eigenvalue weighted by molar-refractivity contribution is 0.0678. The van der Waals surface area contributed by atoms with Gasteiger partial charge in [-0.3, -0.25) is 0 Å². The van der Waals surface area contributed by atoms with Gasteiger partial charge in [-0.25, -0.2) is 9.59 Å². The molecule has 4 aromatic rings. The SMILES string of the molecule is C[C@H](Cc1ccc2c(c1)cc(C(=O)O)n2Cc1cccc(C(=O)O)c1)NC[C@H](O)c1cccc(Cl)c1. The molecule has 0 aliphatic carbocycles. The Labute approximate surface area is 213 Å². The number of carboxylic acids is 2. The van der Waals surface area contributed by atoms with Crippen molar-refractivity contribution in [3.8, 4) is 0 Å². The second kappa shape index (κ2) is 11.0. The molecule has 0 radical (unpaired) electrons. The topological polar surface area (TPSA) is 112 Å². The summed E-state index contributed by atoms with van der Waals surface area (Å²) in [6.45, 7) is 2.64. The second-order valence-corrected chi connectivity index (χ2v) is 9.34. The largest absolute Gasteiger partial charge is 0.478 e. The summed E-state index contributed by atoms with van der Waals surface area (Å²) in [7, 11) is 0. The summed E-state index contributed by atoms with van der Waals surface area (Å²) < 4.78 is 1.69. The maximum atomic E-state index is 11.9. The molecule has 1 heterocycles. The number of aliphatic hydroxyl groups is 1. The van der Waals surface area contributed by atoms with Crippen molar-refractivity contribution in [2.45, 2.75) is 32.0 Å². The molecule has 0 saturated carbocycles. The first-order valence-electron chi connectivity index (χ1n) is 11.6. The van der Waals surface area contributed by atoms with Gasteiger partial charge in [-0.05, 0) is 72.5 Å². The van der Waals surface area contributed by atoms with E-state index >= 15 is 0 Å². The van der Waals surface area contributed by atoms with Gasteiger partial charge in [0.15, 0.2) is 0 Å². The average Bonchev–Trinajstić information content (AvgIpc) is 3.20. The normalized spacial score (nSPS) is 13.0. The zero-order chi connectivity index (χ0) is 25.8. The fraction of sp³-hybridized carbons (Fsp3) is 0.214. The Bertz CT molecular complexity index is 1410. The Hall–Kier alpha value is -3.65. The molecule has 0 bridgehead atoms. The third-order valence-corrected chi connectivity index (χ3v) is 6.37. The lowest BCUT2D eigenvalue weighted by atomic mass is 10.0. The molecule has 0 spiro atoms. The number of benzene rings is 3. The standard InChI is InChI=1S/C28H27ClN2O5/c1-17(30-15-26(32)20-5-3-7-23(29)13-20)10-18-8-9-24-22(11-18)14-25(28(35)36)31(24)16-19-4-2-6-21(12-19)27(33)34/h2-9,11-14,17,26,30,32H,10,15-16H2,1H3,(H,33,34)(H,35,36)/t17-,26+/m1/s1. The van der Waals surface area contributed by atoms with E-state index in [0.29, 0.717) is 23.6 Å². The number of rotatable bonds is 10. The van der Waals surface area contributed by atoms with E-state index in [1.165, 1.54) is 6.07 Å². The molecule has 8 heteroatoms. The predicted molar refractivity (Wildman–Crippen MR) is 139 cm³/mol. The Morgan fingerprint density at radius 1 is 0.944 bits per heavy atom. The molecule has 0 aliphatic heterocycles. The zero-order valence-electron chi connectivity index (χ0n) is 19.7. The predicted octanol–water partition coefficient (Wildman–Crippen LogP) is 4.99. The quantitative estimate of drug-likeness (QED) is 0.241. The third kappa shape index (κ3) is 5.94. The van der Waals surface area contributed by atoms with Crippen molar-refractivity contribution in [1.29, 1.82) is 0 Å². The molecular weight excluding hydrogens is 480 g/mol. The van der Waals surface area contributed by atoms with E-state index in [1.807, 2.05) is 31.2 Å². The van der Waals surface area contributed by atoms with Crippen LogP contribution in [0, 0.1) is 0 Å². The van der Waals surface area contributed by atoms with Crippen LogP contribution in [-0.4, -0.2) is 44.4 Å². The molecule has 0 saturated heterocycles. The van der Waals surface area contributed by atoms with E-state index in [9.17, 15) is 24.9 Å². The van der Waals surface area contributed by atoms with Gasteiger partial charge in [-0.2, -0.15) is 0 Å². The highest BCUT2D eigenvalue weighted by Gasteiger charge is 2.17. The number of nitrogens with zero attached hydrogens (tertiary/aromatic N) is 1. The summed E-state index contributed by atoms with van der Waals surface area (Å²) in [4.78, 5) is 23.3. The Morgan fingerprint density at radius 3 is 2.44 bits per heavy atom. The molecule has 2 atom stereocenters. The minimum Gasteiger partial charge on any atom is -0.478 e. The monoisotopic (exact) mass is 506 g/mol. The van der Waals surface area contributed by atoms with Crippen molar-refractivity contribution in [3.05, 3.63) is 106 Å². The van der Waals surface area contributed by atoms with Crippen molar-refractivity contribution < 1.29 is 24.9 Å². The maximum absolute atomic E-state index is 11.9. The molecule has 186 valence electrons.